The highest BCUT2D eigenvalue weighted by Gasteiger charge is 2.39. The largest absolute Gasteiger partial charge is 0.504 e. The average molecular weight is 249 g/mol. The summed E-state index contributed by atoms with van der Waals surface area (Å²) in [4.78, 5) is 0. The van der Waals surface area contributed by atoms with E-state index in [0.717, 1.165) is 11.8 Å². The number of aromatic hydroxyl groups is 3. The van der Waals surface area contributed by atoms with Crippen molar-refractivity contribution in [2.45, 2.75) is 38.3 Å². The van der Waals surface area contributed by atoms with Crippen molar-refractivity contribution in [3.05, 3.63) is 17.7 Å². The maximum Gasteiger partial charge on any atom is 0.200 e. The fourth-order valence-electron chi connectivity index (χ4n) is 3.49. The maximum absolute atomic E-state index is 9.73. The second kappa shape index (κ2) is 4.35. The van der Waals surface area contributed by atoms with E-state index in [9.17, 15) is 15.3 Å². The fourth-order valence-corrected chi connectivity index (χ4v) is 3.49. The Bertz CT molecular complexity index is 461. The SMILES string of the molecule is Oc1ccc(CNC2CC3CCC2C3)c(O)c1O. The summed E-state index contributed by atoms with van der Waals surface area (Å²) in [6, 6.07) is 3.59. The number of hydrogen-bond acceptors (Lipinski definition) is 4. The zero-order valence-electron chi connectivity index (χ0n) is 10.3. The van der Waals surface area contributed by atoms with Gasteiger partial charge in [0.05, 0.1) is 0 Å². The van der Waals surface area contributed by atoms with Crippen molar-refractivity contribution in [1.82, 2.24) is 5.32 Å². The molecule has 3 atom stereocenters. The third kappa shape index (κ3) is 1.90. The molecule has 0 saturated heterocycles. The minimum atomic E-state index is -0.428. The number of nitrogens with one attached hydrogen (secondary N) is 1. The Morgan fingerprint density at radius 3 is 2.56 bits per heavy atom. The number of fused-ring (bicyclic) bond motifs is 2. The van der Waals surface area contributed by atoms with Crippen molar-refractivity contribution in [3.8, 4) is 17.2 Å². The lowest BCUT2D eigenvalue weighted by Gasteiger charge is -2.23. The average Bonchev–Trinajstić information content (AvgIpc) is 2.97. The molecule has 98 valence electrons. The van der Waals surface area contributed by atoms with Gasteiger partial charge >= 0.3 is 0 Å². The Hall–Kier alpha value is -1.42. The molecule has 0 aliphatic heterocycles. The lowest BCUT2D eigenvalue weighted by molar-refractivity contribution is 0.341. The normalized spacial score (nSPS) is 29.9. The molecule has 0 radical (unpaired) electrons. The van der Waals surface area contributed by atoms with Gasteiger partial charge < -0.3 is 20.6 Å². The summed E-state index contributed by atoms with van der Waals surface area (Å²) in [5.74, 6) is 0.737. The summed E-state index contributed by atoms with van der Waals surface area (Å²) in [5.41, 5.74) is 0.632. The van der Waals surface area contributed by atoms with Gasteiger partial charge in [-0.2, -0.15) is 0 Å². The van der Waals surface area contributed by atoms with Gasteiger partial charge in [0.25, 0.3) is 0 Å². The van der Waals surface area contributed by atoms with E-state index in [1.54, 1.807) is 6.07 Å². The second-order valence-electron chi connectivity index (χ2n) is 5.60. The van der Waals surface area contributed by atoms with E-state index in [-0.39, 0.29) is 11.5 Å². The minimum Gasteiger partial charge on any atom is -0.504 e. The zero-order chi connectivity index (χ0) is 12.7. The topological polar surface area (TPSA) is 72.7 Å². The van der Waals surface area contributed by atoms with E-state index in [4.69, 9.17) is 0 Å². The number of phenols is 3. The van der Waals surface area contributed by atoms with Crippen LogP contribution in [0.2, 0.25) is 0 Å². The van der Waals surface area contributed by atoms with Gasteiger partial charge in [-0.15, -0.1) is 0 Å². The second-order valence-corrected chi connectivity index (χ2v) is 5.60. The van der Waals surface area contributed by atoms with Crippen LogP contribution in [0.5, 0.6) is 17.2 Å². The summed E-state index contributed by atoms with van der Waals surface area (Å²) in [5, 5.41) is 31.9. The summed E-state index contributed by atoms with van der Waals surface area (Å²) < 4.78 is 0. The molecule has 18 heavy (non-hydrogen) atoms. The van der Waals surface area contributed by atoms with Crippen LogP contribution in [0.4, 0.5) is 0 Å². The Labute approximate surface area is 106 Å². The molecule has 2 aliphatic carbocycles. The van der Waals surface area contributed by atoms with E-state index in [1.807, 2.05) is 0 Å². The lowest BCUT2D eigenvalue weighted by Crippen LogP contribution is -2.33. The van der Waals surface area contributed by atoms with Gasteiger partial charge in [-0.1, -0.05) is 12.5 Å². The molecule has 2 saturated carbocycles. The highest BCUT2D eigenvalue weighted by atomic mass is 16.3. The van der Waals surface area contributed by atoms with Crippen LogP contribution in [-0.2, 0) is 6.54 Å². The molecule has 3 unspecified atom stereocenters. The Balaban J connectivity index is 1.65. The first-order valence-electron chi connectivity index (χ1n) is 6.61. The van der Waals surface area contributed by atoms with Gasteiger partial charge in [0, 0.05) is 18.2 Å². The van der Waals surface area contributed by atoms with E-state index in [1.165, 1.54) is 31.7 Å². The molecular weight excluding hydrogens is 230 g/mol. The molecule has 3 rings (SSSR count). The van der Waals surface area contributed by atoms with Crippen LogP contribution in [0.25, 0.3) is 0 Å². The van der Waals surface area contributed by atoms with Crippen LogP contribution in [0.1, 0.15) is 31.2 Å². The molecule has 0 spiro atoms. The van der Waals surface area contributed by atoms with Crippen LogP contribution in [-0.4, -0.2) is 21.4 Å². The maximum atomic E-state index is 9.73. The third-order valence-electron chi connectivity index (χ3n) is 4.51. The Kier molecular flexibility index (Phi) is 2.82. The van der Waals surface area contributed by atoms with Gasteiger partial charge in [-0.05, 0) is 37.2 Å². The molecule has 1 aromatic carbocycles. The van der Waals surface area contributed by atoms with Gasteiger partial charge in [0.15, 0.2) is 11.5 Å². The van der Waals surface area contributed by atoms with E-state index in [2.05, 4.69) is 5.32 Å². The number of hydrogen-bond donors (Lipinski definition) is 4. The number of benzene rings is 1. The smallest absolute Gasteiger partial charge is 0.200 e. The highest BCUT2D eigenvalue weighted by Crippen LogP contribution is 2.44. The van der Waals surface area contributed by atoms with E-state index < -0.39 is 5.75 Å². The zero-order valence-corrected chi connectivity index (χ0v) is 10.3. The standard InChI is InChI=1S/C14H19NO3/c16-12-4-3-10(13(17)14(12)18)7-15-11-6-8-1-2-9(11)5-8/h3-4,8-9,11,15-18H,1-2,5-7H2. The molecule has 4 heteroatoms. The first-order valence-corrected chi connectivity index (χ1v) is 6.61. The summed E-state index contributed by atoms with van der Waals surface area (Å²) >= 11 is 0. The lowest BCUT2D eigenvalue weighted by atomic mass is 9.95. The van der Waals surface area contributed by atoms with E-state index >= 15 is 0 Å². The van der Waals surface area contributed by atoms with Crippen LogP contribution in [0.15, 0.2) is 12.1 Å². The van der Waals surface area contributed by atoms with Crippen LogP contribution in [0, 0.1) is 11.8 Å². The minimum absolute atomic E-state index is 0.217. The van der Waals surface area contributed by atoms with Gasteiger partial charge in [-0.25, -0.2) is 0 Å². The van der Waals surface area contributed by atoms with Gasteiger partial charge in [0.1, 0.15) is 0 Å². The fraction of sp³-hybridized carbons (Fsp3) is 0.571. The summed E-state index contributed by atoms with van der Waals surface area (Å²) in [6.45, 7) is 0.535. The molecular formula is C14H19NO3. The molecule has 1 aromatic rings. The molecule has 4 N–H and O–H groups in total. The molecule has 2 bridgehead atoms. The summed E-state index contributed by atoms with van der Waals surface area (Å²) in [6.07, 6.45) is 5.25. The highest BCUT2D eigenvalue weighted by molar-refractivity contribution is 5.53. The van der Waals surface area contributed by atoms with Crippen LogP contribution < -0.4 is 5.32 Å². The van der Waals surface area contributed by atoms with Crippen molar-refractivity contribution in [1.29, 1.82) is 0 Å². The first-order chi connectivity index (χ1) is 8.65. The quantitative estimate of drug-likeness (QED) is 0.619. The molecule has 0 aromatic heterocycles. The molecule has 2 fully saturated rings. The monoisotopic (exact) mass is 249 g/mol. The van der Waals surface area contributed by atoms with Gasteiger partial charge in [0.2, 0.25) is 5.75 Å². The predicted octanol–water partition coefficient (Wildman–Crippen LogP) is 2.08. The molecule has 0 heterocycles. The third-order valence-corrected chi connectivity index (χ3v) is 4.51. The predicted molar refractivity (Wildman–Crippen MR) is 67.5 cm³/mol. The first kappa shape index (κ1) is 11.7. The van der Waals surface area contributed by atoms with Crippen LogP contribution >= 0.6 is 0 Å². The van der Waals surface area contributed by atoms with Crippen molar-refractivity contribution >= 4 is 0 Å². The Morgan fingerprint density at radius 1 is 1.06 bits per heavy atom. The molecule has 4 nitrogen and oxygen atoms in total. The molecule has 2 aliphatic rings. The summed E-state index contributed by atoms with van der Waals surface area (Å²) in [7, 11) is 0. The van der Waals surface area contributed by atoms with E-state index in [0.29, 0.717) is 18.2 Å². The van der Waals surface area contributed by atoms with Crippen LogP contribution in [0.3, 0.4) is 0 Å². The molecule has 0 amide bonds. The van der Waals surface area contributed by atoms with Crippen molar-refractivity contribution < 1.29 is 15.3 Å². The van der Waals surface area contributed by atoms with Crippen molar-refractivity contribution in [3.63, 3.8) is 0 Å². The van der Waals surface area contributed by atoms with Crippen molar-refractivity contribution in [2.75, 3.05) is 0 Å². The number of rotatable bonds is 3. The number of phenolic OH excluding ortho intramolecular Hbond substituents is 3. The van der Waals surface area contributed by atoms with Crippen molar-refractivity contribution in [2.24, 2.45) is 11.8 Å². The Morgan fingerprint density at radius 2 is 1.89 bits per heavy atom. The van der Waals surface area contributed by atoms with Gasteiger partial charge in [-0.3, -0.25) is 0 Å².